The van der Waals surface area contributed by atoms with Crippen molar-refractivity contribution in [2.75, 3.05) is 0 Å². The molecule has 0 bridgehead atoms. The minimum absolute atomic E-state index is 0.726. The van der Waals surface area contributed by atoms with Gasteiger partial charge >= 0.3 is 0 Å². The van der Waals surface area contributed by atoms with Crippen LogP contribution in [0.1, 0.15) is 0 Å². The molecule has 9 aromatic carbocycles. The quantitative estimate of drug-likeness (QED) is 0.166. The number of fused-ring (bicyclic) bond motifs is 9. The van der Waals surface area contributed by atoms with Gasteiger partial charge in [-0.25, -0.2) is 9.97 Å². The van der Waals surface area contributed by atoms with E-state index in [0.29, 0.717) is 0 Å². The van der Waals surface area contributed by atoms with Crippen LogP contribution in [0, 0.1) is 0 Å². The molecule has 0 unspecified atom stereocenters. The second-order valence-corrected chi connectivity index (χ2v) is 15.2. The van der Waals surface area contributed by atoms with Crippen LogP contribution in [-0.4, -0.2) is 9.97 Å². The van der Waals surface area contributed by atoms with Gasteiger partial charge in [0.05, 0.1) is 5.52 Å². The Morgan fingerprint density at radius 1 is 0.327 bits per heavy atom. The van der Waals surface area contributed by atoms with E-state index in [1.165, 1.54) is 69.7 Å². The number of benzene rings is 9. The highest BCUT2D eigenvalue weighted by Crippen LogP contribution is 2.41. The summed E-state index contributed by atoms with van der Waals surface area (Å²) in [4.78, 5) is 10.1. The zero-order valence-corrected chi connectivity index (χ0v) is 30.6. The van der Waals surface area contributed by atoms with Crippen LogP contribution in [-0.2, 0) is 0 Å². The Hall–Kier alpha value is -6.94. The van der Waals surface area contributed by atoms with Crippen molar-refractivity contribution in [1.29, 1.82) is 0 Å². The van der Waals surface area contributed by atoms with Crippen molar-refractivity contribution < 1.29 is 0 Å². The van der Waals surface area contributed by atoms with E-state index < -0.39 is 0 Å². The average Bonchev–Trinajstić information content (AvgIpc) is 3.66. The van der Waals surface area contributed by atoms with Gasteiger partial charge in [-0.05, 0) is 91.0 Å². The molecule has 2 aromatic heterocycles. The van der Waals surface area contributed by atoms with E-state index in [1.54, 1.807) is 0 Å². The van der Waals surface area contributed by atoms with E-state index in [2.05, 4.69) is 188 Å². The first kappa shape index (κ1) is 31.6. The van der Waals surface area contributed by atoms with Crippen LogP contribution in [0.5, 0.6) is 0 Å². The van der Waals surface area contributed by atoms with Crippen LogP contribution in [0.2, 0.25) is 0 Å². The van der Waals surface area contributed by atoms with Gasteiger partial charge in [0.15, 0.2) is 5.82 Å². The molecule has 11 aromatic rings. The van der Waals surface area contributed by atoms with E-state index in [4.69, 9.17) is 9.97 Å². The lowest BCUT2D eigenvalue weighted by atomic mass is 9.94. The molecule has 11 rings (SSSR count). The van der Waals surface area contributed by atoms with Gasteiger partial charge in [0, 0.05) is 42.7 Å². The van der Waals surface area contributed by atoms with Gasteiger partial charge in [-0.2, -0.15) is 0 Å². The van der Waals surface area contributed by atoms with E-state index in [1.807, 2.05) is 17.5 Å². The fourth-order valence-electron chi connectivity index (χ4n) is 8.24. The molecule has 0 fully saturated rings. The molecule has 0 saturated heterocycles. The Balaban J connectivity index is 0.936. The summed E-state index contributed by atoms with van der Waals surface area (Å²) in [7, 11) is 0. The molecule has 0 aliphatic carbocycles. The zero-order chi connectivity index (χ0) is 36.3. The number of rotatable bonds is 5. The summed E-state index contributed by atoms with van der Waals surface area (Å²) in [6.07, 6.45) is 1.99. The molecule has 0 aliphatic heterocycles. The summed E-state index contributed by atoms with van der Waals surface area (Å²) in [6.45, 7) is 0. The van der Waals surface area contributed by atoms with Crippen molar-refractivity contribution in [2.24, 2.45) is 0 Å². The fourth-order valence-corrected chi connectivity index (χ4v) is 9.47. The molecule has 0 saturated carbocycles. The first-order valence-electron chi connectivity index (χ1n) is 18.6. The smallest absolute Gasteiger partial charge is 0.159 e. The number of aromatic nitrogens is 2. The molecule has 0 radical (unpaired) electrons. The fraction of sp³-hybridized carbons (Fsp3) is 0. The maximum atomic E-state index is 5.20. The molecule has 2 heterocycles. The van der Waals surface area contributed by atoms with E-state index in [-0.39, 0.29) is 0 Å². The van der Waals surface area contributed by atoms with Gasteiger partial charge < -0.3 is 0 Å². The molecule has 0 atom stereocenters. The summed E-state index contributed by atoms with van der Waals surface area (Å²) in [6, 6.07) is 67.8. The van der Waals surface area contributed by atoms with Crippen LogP contribution >= 0.6 is 11.3 Å². The molecule has 55 heavy (non-hydrogen) atoms. The summed E-state index contributed by atoms with van der Waals surface area (Å²) >= 11 is 1.88. The van der Waals surface area contributed by atoms with Crippen LogP contribution in [0.15, 0.2) is 194 Å². The van der Waals surface area contributed by atoms with Crippen molar-refractivity contribution in [1.82, 2.24) is 9.97 Å². The Morgan fingerprint density at radius 2 is 0.764 bits per heavy atom. The van der Waals surface area contributed by atoms with Crippen molar-refractivity contribution in [3.63, 3.8) is 0 Å². The maximum absolute atomic E-state index is 5.20. The highest BCUT2D eigenvalue weighted by molar-refractivity contribution is 7.26. The molecular formula is C52H32N2S. The lowest BCUT2D eigenvalue weighted by Crippen LogP contribution is -1.93. The normalized spacial score (nSPS) is 11.6. The molecular weight excluding hydrogens is 685 g/mol. The van der Waals surface area contributed by atoms with Gasteiger partial charge in [-0.15, -0.1) is 11.3 Å². The predicted octanol–water partition coefficient (Wildman–Crippen LogP) is 14.6. The Bertz CT molecular complexity index is 3250. The minimum atomic E-state index is 0.726. The average molecular weight is 717 g/mol. The van der Waals surface area contributed by atoms with Crippen LogP contribution in [0.25, 0.3) is 109 Å². The lowest BCUT2D eigenvalue weighted by Gasteiger charge is -2.12. The predicted molar refractivity (Wildman–Crippen MR) is 235 cm³/mol. The van der Waals surface area contributed by atoms with E-state index >= 15 is 0 Å². The first-order chi connectivity index (χ1) is 27.2. The number of hydrogen-bond donors (Lipinski definition) is 0. The van der Waals surface area contributed by atoms with Crippen molar-refractivity contribution >= 4 is 64.0 Å². The molecule has 0 amide bonds. The monoisotopic (exact) mass is 716 g/mol. The first-order valence-corrected chi connectivity index (χ1v) is 19.5. The van der Waals surface area contributed by atoms with E-state index in [9.17, 15) is 0 Å². The van der Waals surface area contributed by atoms with Crippen molar-refractivity contribution in [2.45, 2.75) is 0 Å². The number of hydrogen-bond acceptors (Lipinski definition) is 3. The zero-order valence-electron chi connectivity index (χ0n) is 29.8. The number of thiophene rings is 1. The topological polar surface area (TPSA) is 25.8 Å². The third kappa shape index (κ3) is 5.40. The van der Waals surface area contributed by atoms with Crippen LogP contribution in [0.3, 0.4) is 0 Å². The van der Waals surface area contributed by atoms with Crippen molar-refractivity contribution in [3.05, 3.63) is 194 Å². The summed E-state index contributed by atoms with van der Waals surface area (Å²) in [5, 5.41) is 8.48. The SMILES string of the molecule is c1cc(-c2cccc(-c3cccc(-c4cccc5c4sc4ccccc45)c3)c2)cc(-c2cccc(-c3ncc4c5ccccc5c5ccccc5c4n3)c2)c1. The molecule has 0 spiro atoms. The minimum Gasteiger partial charge on any atom is -0.236 e. The Labute approximate surface area is 322 Å². The third-order valence-electron chi connectivity index (χ3n) is 10.9. The highest BCUT2D eigenvalue weighted by atomic mass is 32.1. The van der Waals surface area contributed by atoms with Gasteiger partial charge in [-0.1, -0.05) is 158 Å². The molecule has 256 valence electrons. The Kier molecular flexibility index (Phi) is 7.39. The van der Waals surface area contributed by atoms with Gasteiger partial charge in [0.1, 0.15) is 0 Å². The second kappa shape index (κ2) is 12.9. The van der Waals surface area contributed by atoms with Gasteiger partial charge in [0.25, 0.3) is 0 Å². The summed E-state index contributed by atoms with van der Waals surface area (Å²) < 4.78 is 2.66. The summed E-state index contributed by atoms with van der Waals surface area (Å²) in [5.41, 5.74) is 11.5. The van der Waals surface area contributed by atoms with E-state index in [0.717, 1.165) is 38.8 Å². The van der Waals surface area contributed by atoms with Crippen molar-refractivity contribution in [3.8, 4) is 55.9 Å². The van der Waals surface area contributed by atoms with Gasteiger partial charge in [-0.3, -0.25) is 0 Å². The maximum Gasteiger partial charge on any atom is 0.159 e. The molecule has 0 N–H and O–H groups in total. The summed E-state index contributed by atoms with van der Waals surface area (Å²) in [5.74, 6) is 0.726. The number of nitrogens with zero attached hydrogens (tertiary/aromatic N) is 2. The van der Waals surface area contributed by atoms with Crippen LogP contribution in [0.4, 0.5) is 0 Å². The second-order valence-electron chi connectivity index (χ2n) is 14.2. The van der Waals surface area contributed by atoms with Gasteiger partial charge in [0.2, 0.25) is 0 Å². The van der Waals surface area contributed by atoms with Crippen LogP contribution < -0.4 is 0 Å². The Morgan fingerprint density at radius 3 is 1.40 bits per heavy atom. The standard InChI is InChI=1S/C52H32N2S/c1-2-22-44-42(20-1)43-21-3-4-24-46(43)50-48(44)32-53-52(54-50)40-19-10-17-38(31-40)36-15-8-13-34(29-36)33-12-7-14-35(28-33)37-16-9-18-39(30-37)41-25-11-26-47-45-23-5-6-27-49(45)55-51(41)47/h1-32H. The largest absolute Gasteiger partial charge is 0.236 e. The molecule has 3 heteroatoms. The third-order valence-corrected chi connectivity index (χ3v) is 12.1. The highest BCUT2D eigenvalue weighted by Gasteiger charge is 2.14. The lowest BCUT2D eigenvalue weighted by molar-refractivity contribution is 1.23. The molecule has 0 aliphatic rings. The molecule has 2 nitrogen and oxygen atoms in total.